The van der Waals surface area contributed by atoms with E-state index in [0.29, 0.717) is 12.8 Å². The molecule has 1 amide bonds. The number of guanidine groups is 1. The van der Waals surface area contributed by atoms with Crippen molar-refractivity contribution < 1.29 is 35.9 Å². The summed E-state index contributed by atoms with van der Waals surface area (Å²) in [5.74, 6) is 0.172. The molecule has 2 aliphatic rings. The molecular formula is C27H32ClF3N6O5S. The van der Waals surface area contributed by atoms with Gasteiger partial charge >= 0.3 is 12.3 Å². The summed E-state index contributed by atoms with van der Waals surface area (Å²) in [5.41, 5.74) is 3.27. The molecule has 11 nitrogen and oxygen atoms in total. The number of hydrogen-bond donors (Lipinski definition) is 3. The molecule has 0 aromatic heterocycles. The van der Waals surface area contributed by atoms with Gasteiger partial charge in [0.15, 0.2) is 0 Å². The Morgan fingerprint density at radius 1 is 1.14 bits per heavy atom. The molecule has 2 heterocycles. The quantitative estimate of drug-likeness (QED) is 0.407. The number of sulfonamides is 1. The first-order valence-electron chi connectivity index (χ1n) is 13.2. The Morgan fingerprint density at radius 2 is 1.81 bits per heavy atom. The van der Waals surface area contributed by atoms with Crippen LogP contribution >= 0.6 is 11.6 Å². The van der Waals surface area contributed by atoms with Gasteiger partial charge in [0.05, 0.1) is 17.7 Å². The van der Waals surface area contributed by atoms with Crippen molar-refractivity contribution in [2.45, 2.75) is 56.3 Å². The number of carbonyl (C=O) groups excluding carboxylic acids is 1. The number of benzene rings is 2. The van der Waals surface area contributed by atoms with Gasteiger partial charge in [0.2, 0.25) is 16.0 Å². The van der Waals surface area contributed by atoms with Crippen molar-refractivity contribution in [1.82, 2.24) is 9.62 Å². The van der Waals surface area contributed by atoms with Gasteiger partial charge < -0.3 is 25.4 Å². The predicted molar refractivity (Wildman–Crippen MR) is 157 cm³/mol. The Labute approximate surface area is 252 Å². The van der Waals surface area contributed by atoms with Gasteiger partial charge in [0, 0.05) is 30.4 Å². The van der Waals surface area contributed by atoms with Gasteiger partial charge in [-0.2, -0.15) is 18.2 Å². The molecule has 0 unspecified atom stereocenters. The molecule has 0 saturated carbocycles. The molecule has 1 fully saturated rings. The van der Waals surface area contributed by atoms with E-state index >= 15 is 0 Å². The fourth-order valence-electron chi connectivity index (χ4n) is 4.59. The average Bonchev–Trinajstić information content (AvgIpc) is 3.31. The Hall–Kier alpha value is -3.56. The third-order valence-electron chi connectivity index (χ3n) is 6.50. The number of methoxy groups -OCH3 is 1. The van der Waals surface area contributed by atoms with Crippen LogP contribution in [0.4, 0.5) is 23.7 Å². The van der Waals surface area contributed by atoms with E-state index in [1.807, 2.05) is 0 Å². The number of anilines is 1. The largest absolute Gasteiger partial charge is 0.495 e. The number of carbonyl (C=O) groups is 1. The minimum atomic E-state index is -4.85. The molecule has 234 valence electrons. The van der Waals surface area contributed by atoms with Crippen LogP contribution in [-0.4, -0.2) is 69.6 Å². The molecule has 2 aromatic rings. The highest BCUT2D eigenvalue weighted by Gasteiger charge is 2.36. The highest BCUT2D eigenvalue weighted by atomic mass is 35.5. The first-order chi connectivity index (χ1) is 20.0. The normalized spacial score (nSPS) is 16.5. The summed E-state index contributed by atoms with van der Waals surface area (Å²) in [6.07, 6.45) is -4.73. The van der Waals surface area contributed by atoms with E-state index in [0.717, 1.165) is 12.1 Å². The Morgan fingerprint density at radius 3 is 2.37 bits per heavy atom. The fourth-order valence-corrected chi connectivity index (χ4v) is 6.41. The number of nitrogens with one attached hydrogen (secondary N) is 2. The molecule has 1 saturated heterocycles. The lowest BCUT2D eigenvalue weighted by atomic mass is 9.98. The molecule has 43 heavy (non-hydrogen) atoms. The molecule has 2 aliphatic heterocycles. The topological polar surface area (TPSA) is 148 Å². The van der Waals surface area contributed by atoms with E-state index in [1.54, 1.807) is 20.8 Å². The van der Waals surface area contributed by atoms with Crippen molar-refractivity contribution in [3.8, 4) is 16.9 Å². The lowest BCUT2D eigenvalue weighted by Gasteiger charge is -2.33. The van der Waals surface area contributed by atoms with E-state index in [1.165, 1.54) is 30.2 Å². The van der Waals surface area contributed by atoms with Crippen LogP contribution in [0.3, 0.4) is 0 Å². The summed E-state index contributed by atoms with van der Waals surface area (Å²) >= 11 is 6.39. The Kier molecular flexibility index (Phi) is 9.19. The Bertz CT molecular complexity index is 1570. The van der Waals surface area contributed by atoms with Crippen LogP contribution < -0.4 is 20.5 Å². The van der Waals surface area contributed by atoms with Crippen LogP contribution in [0.25, 0.3) is 11.1 Å². The SMILES string of the molecule is COc1ccc(-c2c(Cl)cc(NC3=NCC(N)=N3)cc2C(F)(F)F)cc1S(=O)(=O)NC1CCN(C(=O)OC(C)(C)C)CC1. The molecule has 0 spiro atoms. The minimum absolute atomic E-state index is 0.0287. The fraction of sp³-hybridized carbons (Fsp3) is 0.444. The minimum Gasteiger partial charge on any atom is -0.495 e. The van der Waals surface area contributed by atoms with Crippen LogP contribution in [0.1, 0.15) is 39.2 Å². The molecule has 2 aromatic carbocycles. The standard InChI is InChI=1S/C27H32ClF3N6O5S/c1-26(2,3)42-25(38)37-9-7-16(8-10-37)36-43(39,40)21-11-15(5-6-20(21)41-4)23-18(27(29,30)31)12-17(13-19(23)28)34-24-33-14-22(32)35-24/h5-6,11-13,16,36H,7-10,14H2,1-4H3,(H3,32,33,34,35). The molecule has 0 aliphatic carbocycles. The number of nitrogens with two attached hydrogens (primary N) is 1. The zero-order valence-corrected chi connectivity index (χ0v) is 25.5. The Balaban J connectivity index is 1.62. The second kappa shape index (κ2) is 12.2. The van der Waals surface area contributed by atoms with Crippen molar-refractivity contribution in [2.75, 3.05) is 32.1 Å². The number of rotatable bonds is 6. The predicted octanol–water partition coefficient (Wildman–Crippen LogP) is 4.85. The van der Waals surface area contributed by atoms with Gasteiger partial charge in [-0.05, 0) is 63.4 Å². The monoisotopic (exact) mass is 644 g/mol. The summed E-state index contributed by atoms with van der Waals surface area (Å²) in [6.45, 7) is 5.88. The molecule has 0 radical (unpaired) electrons. The van der Waals surface area contributed by atoms with E-state index in [4.69, 9.17) is 26.8 Å². The number of nitrogens with zero attached hydrogens (tertiary/aromatic N) is 3. The average molecular weight is 645 g/mol. The molecular weight excluding hydrogens is 613 g/mol. The number of amides is 1. The number of alkyl halides is 3. The maximum absolute atomic E-state index is 14.3. The van der Waals surface area contributed by atoms with Gasteiger partial charge in [-0.3, -0.25) is 0 Å². The van der Waals surface area contributed by atoms with Gasteiger partial charge in [0.25, 0.3) is 0 Å². The summed E-state index contributed by atoms with van der Waals surface area (Å²) in [6, 6.07) is 5.21. The maximum atomic E-state index is 14.3. The van der Waals surface area contributed by atoms with E-state index in [9.17, 15) is 26.4 Å². The van der Waals surface area contributed by atoms with Crippen LogP contribution in [0, 0.1) is 0 Å². The number of ether oxygens (including phenoxy) is 2. The number of likely N-dealkylation sites (tertiary alicyclic amines) is 1. The molecule has 4 rings (SSSR count). The van der Waals surface area contributed by atoms with Crippen LogP contribution in [0.15, 0.2) is 45.2 Å². The van der Waals surface area contributed by atoms with Gasteiger partial charge in [-0.1, -0.05) is 17.7 Å². The van der Waals surface area contributed by atoms with Crippen molar-refractivity contribution in [2.24, 2.45) is 15.7 Å². The van der Waals surface area contributed by atoms with Crippen LogP contribution in [0.5, 0.6) is 5.75 Å². The number of amidine groups is 1. The zero-order valence-electron chi connectivity index (χ0n) is 23.9. The zero-order chi connectivity index (χ0) is 31.7. The number of hydrogen-bond acceptors (Lipinski definition) is 9. The second-order valence-corrected chi connectivity index (χ2v) is 13.1. The number of aliphatic imine (C=N–C) groups is 2. The van der Waals surface area contributed by atoms with Crippen molar-refractivity contribution >= 4 is 45.2 Å². The summed E-state index contributed by atoms with van der Waals surface area (Å²) in [4.78, 5) is 21.4. The van der Waals surface area contributed by atoms with Crippen LogP contribution in [-0.2, 0) is 20.9 Å². The lowest BCUT2D eigenvalue weighted by molar-refractivity contribution is -0.137. The number of halogens is 4. The van der Waals surface area contributed by atoms with Crippen LogP contribution in [0.2, 0.25) is 5.02 Å². The van der Waals surface area contributed by atoms with Gasteiger partial charge in [-0.15, -0.1) is 0 Å². The molecule has 0 bridgehead atoms. The first kappa shape index (κ1) is 32.4. The van der Waals surface area contributed by atoms with E-state index in [2.05, 4.69) is 20.0 Å². The third kappa shape index (κ3) is 7.89. The third-order valence-corrected chi connectivity index (χ3v) is 8.34. The van der Waals surface area contributed by atoms with Crippen molar-refractivity contribution in [1.29, 1.82) is 0 Å². The highest BCUT2D eigenvalue weighted by molar-refractivity contribution is 7.89. The van der Waals surface area contributed by atoms with Crippen molar-refractivity contribution in [3.05, 3.63) is 40.9 Å². The van der Waals surface area contributed by atoms with Crippen molar-refractivity contribution in [3.63, 3.8) is 0 Å². The van der Waals surface area contributed by atoms with E-state index in [-0.39, 0.29) is 58.3 Å². The summed E-state index contributed by atoms with van der Waals surface area (Å²) in [5, 5.41) is 2.38. The highest BCUT2D eigenvalue weighted by Crippen LogP contribution is 2.44. The maximum Gasteiger partial charge on any atom is 0.417 e. The molecule has 0 atom stereocenters. The smallest absolute Gasteiger partial charge is 0.417 e. The molecule has 4 N–H and O–H groups in total. The second-order valence-electron chi connectivity index (χ2n) is 11.0. The van der Waals surface area contributed by atoms with Gasteiger partial charge in [-0.25, -0.2) is 22.9 Å². The lowest BCUT2D eigenvalue weighted by Crippen LogP contribution is -2.47. The summed E-state index contributed by atoms with van der Waals surface area (Å²) < 4.78 is 83.1. The first-order valence-corrected chi connectivity index (χ1v) is 15.1. The number of piperidine rings is 1. The van der Waals surface area contributed by atoms with E-state index < -0.39 is 45.1 Å². The van der Waals surface area contributed by atoms with Gasteiger partial charge in [0.1, 0.15) is 28.6 Å². The molecule has 16 heteroatoms. The summed E-state index contributed by atoms with van der Waals surface area (Å²) in [7, 11) is -3.03.